The molecule has 0 aliphatic carbocycles. The molecule has 7 heteroatoms. The van der Waals surface area contributed by atoms with Gasteiger partial charge in [0.2, 0.25) is 0 Å². The van der Waals surface area contributed by atoms with Crippen LogP contribution in [0.2, 0.25) is 0 Å². The smallest absolute Gasteiger partial charge is 0.274 e. The summed E-state index contributed by atoms with van der Waals surface area (Å²) in [5, 5.41) is 10.4. The number of halogens is 2. The molecule has 0 atom stereocenters. The van der Waals surface area contributed by atoms with Crippen LogP contribution in [0.5, 0.6) is 0 Å². The monoisotopic (exact) mass is 342 g/mol. The van der Waals surface area contributed by atoms with E-state index in [1.54, 1.807) is 44.2 Å². The normalized spacial score (nSPS) is 10.7. The average molecular weight is 342 g/mol. The summed E-state index contributed by atoms with van der Waals surface area (Å²) in [6, 6.07) is 10.8. The first-order chi connectivity index (χ1) is 12.0. The van der Waals surface area contributed by atoms with Gasteiger partial charge < -0.3 is 5.32 Å². The third-order valence-corrected chi connectivity index (χ3v) is 3.91. The second-order valence-electron chi connectivity index (χ2n) is 5.64. The lowest BCUT2D eigenvalue weighted by Crippen LogP contribution is -2.24. The highest BCUT2D eigenvalue weighted by Gasteiger charge is 2.18. The molecule has 0 unspecified atom stereocenters. The van der Waals surface area contributed by atoms with Crippen molar-refractivity contribution in [3.63, 3.8) is 0 Å². The fraction of sp³-hybridized carbons (Fsp3) is 0.167. The van der Waals surface area contributed by atoms with Crippen LogP contribution in [-0.4, -0.2) is 20.9 Å². The maximum absolute atomic E-state index is 13.7. The van der Waals surface area contributed by atoms with Gasteiger partial charge in [-0.3, -0.25) is 4.79 Å². The van der Waals surface area contributed by atoms with Crippen molar-refractivity contribution in [1.82, 2.24) is 20.3 Å². The maximum Gasteiger partial charge on any atom is 0.274 e. The summed E-state index contributed by atoms with van der Waals surface area (Å²) in [6.07, 6.45) is 0. The van der Waals surface area contributed by atoms with Gasteiger partial charge in [-0.1, -0.05) is 29.5 Å². The van der Waals surface area contributed by atoms with E-state index in [2.05, 4.69) is 15.6 Å². The first-order valence-electron chi connectivity index (χ1n) is 7.68. The Balaban J connectivity index is 1.79. The number of nitrogens with one attached hydrogen (secondary N) is 1. The molecule has 3 rings (SSSR count). The molecule has 0 radical (unpaired) electrons. The molecule has 3 aromatic rings. The first kappa shape index (κ1) is 16.8. The van der Waals surface area contributed by atoms with Crippen LogP contribution in [0, 0.1) is 25.5 Å². The second-order valence-corrected chi connectivity index (χ2v) is 5.64. The third-order valence-electron chi connectivity index (χ3n) is 3.91. The van der Waals surface area contributed by atoms with Crippen LogP contribution in [-0.2, 0) is 6.54 Å². The topological polar surface area (TPSA) is 59.8 Å². The molecule has 2 aromatic carbocycles. The van der Waals surface area contributed by atoms with Crippen LogP contribution < -0.4 is 5.32 Å². The number of benzene rings is 2. The van der Waals surface area contributed by atoms with Gasteiger partial charge in [0.1, 0.15) is 11.6 Å². The summed E-state index contributed by atoms with van der Waals surface area (Å²) in [5.74, 6) is -1.23. The van der Waals surface area contributed by atoms with E-state index in [4.69, 9.17) is 0 Å². The first-order valence-corrected chi connectivity index (χ1v) is 7.68. The Kier molecular flexibility index (Phi) is 4.56. The second kappa shape index (κ2) is 6.80. The van der Waals surface area contributed by atoms with Crippen LogP contribution >= 0.6 is 0 Å². The van der Waals surface area contributed by atoms with E-state index in [1.165, 1.54) is 16.8 Å². The van der Waals surface area contributed by atoms with Crippen LogP contribution in [0.15, 0.2) is 42.5 Å². The average Bonchev–Trinajstić information content (AvgIpc) is 2.98. The summed E-state index contributed by atoms with van der Waals surface area (Å²) in [4.78, 5) is 12.3. The Morgan fingerprint density at radius 3 is 2.60 bits per heavy atom. The van der Waals surface area contributed by atoms with Crippen molar-refractivity contribution in [2.75, 3.05) is 0 Å². The molecule has 0 aliphatic rings. The van der Waals surface area contributed by atoms with Gasteiger partial charge in [0.15, 0.2) is 5.69 Å². The molecule has 0 aliphatic heterocycles. The van der Waals surface area contributed by atoms with Crippen LogP contribution in [0.1, 0.15) is 27.3 Å². The number of rotatable bonds is 4. The molecule has 1 aromatic heterocycles. The van der Waals surface area contributed by atoms with Gasteiger partial charge in [0.25, 0.3) is 5.91 Å². The fourth-order valence-electron chi connectivity index (χ4n) is 2.40. The van der Waals surface area contributed by atoms with Crippen molar-refractivity contribution in [2.24, 2.45) is 0 Å². The zero-order valence-corrected chi connectivity index (χ0v) is 13.8. The molecule has 0 saturated carbocycles. The molecule has 25 heavy (non-hydrogen) atoms. The van der Waals surface area contributed by atoms with Crippen molar-refractivity contribution in [2.45, 2.75) is 20.4 Å². The molecular weight excluding hydrogens is 326 g/mol. The van der Waals surface area contributed by atoms with Gasteiger partial charge in [-0.25, -0.2) is 13.5 Å². The Labute approximate surface area is 143 Å². The van der Waals surface area contributed by atoms with Crippen molar-refractivity contribution < 1.29 is 13.6 Å². The predicted octanol–water partition coefficient (Wildman–Crippen LogP) is 3.09. The van der Waals surface area contributed by atoms with Crippen molar-refractivity contribution >= 4 is 5.91 Å². The van der Waals surface area contributed by atoms with Crippen molar-refractivity contribution in [3.05, 3.63) is 76.6 Å². The standard InChI is InChI=1S/C18H16F2N4O/c1-11-7-8-14(9-16(11)20)24-12(2)17(22-23-24)18(25)21-10-13-5-3-4-6-15(13)19/h3-9H,10H2,1-2H3,(H,21,25). The Morgan fingerprint density at radius 2 is 1.88 bits per heavy atom. The zero-order valence-electron chi connectivity index (χ0n) is 13.8. The lowest BCUT2D eigenvalue weighted by atomic mass is 10.2. The highest BCUT2D eigenvalue weighted by Crippen LogP contribution is 2.16. The number of aryl methyl sites for hydroxylation is 1. The summed E-state index contributed by atoms with van der Waals surface area (Å²) in [5.41, 5.74) is 1.94. The van der Waals surface area contributed by atoms with E-state index in [0.717, 1.165) is 0 Å². The van der Waals surface area contributed by atoms with E-state index in [-0.39, 0.29) is 18.1 Å². The van der Waals surface area contributed by atoms with Crippen LogP contribution in [0.25, 0.3) is 5.69 Å². The number of amides is 1. The number of hydrogen-bond acceptors (Lipinski definition) is 3. The molecule has 0 saturated heterocycles. The van der Waals surface area contributed by atoms with Gasteiger partial charge in [-0.2, -0.15) is 0 Å². The van der Waals surface area contributed by atoms with E-state index in [0.29, 0.717) is 22.5 Å². The lowest BCUT2D eigenvalue weighted by molar-refractivity contribution is 0.0945. The van der Waals surface area contributed by atoms with Gasteiger partial charge in [0.05, 0.1) is 11.4 Å². The maximum atomic E-state index is 13.7. The molecule has 0 fully saturated rings. The SMILES string of the molecule is Cc1ccc(-n2nnc(C(=O)NCc3ccccc3F)c2C)cc1F. The molecule has 1 heterocycles. The number of carbonyl (C=O) groups excluding carboxylic acids is 1. The third kappa shape index (κ3) is 3.40. The van der Waals surface area contributed by atoms with Gasteiger partial charge in [0, 0.05) is 12.1 Å². The highest BCUT2D eigenvalue weighted by atomic mass is 19.1. The van der Waals surface area contributed by atoms with E-state index < -0.39 is 11.7 Å². The van der Waals surface area contributed by atoms with E-state index in [9.17, 15) is 13.6 Å². The molecular formula is C18H16F2N4O. The fourth-order valence-corrected chi connectivity index (χ4v) is 2.40. The molecule has 128 valence electrons. The summed E-state index contributed by atoms with van der Waals surface area (Å²) >= 11 is 0. The number of hydrogen-bond donors (Lipinski definition) is 1. The van der Waals surface area contributed by atoms with E-state index >= 15 is 0 Å². The predicted molar refractivity (Wildman–Crippen MR) is 88.4 cm³/mol. The molecule has 1 amide bonds. The summed E-state index contributed by atoms with van der Waals surface area (Å²) in [6.45, 7) is 3.36. The quantitative estimate of drug-likeness (QED) is 0.793. The van der Waals surface area contributed by atoms with Gasteiger partial charge in [-0.05, 0) is 37.6 Å². The largest absolute Gasteiger partial charge is 0.346 e. The van der Waals surface area contributed by atoms with Crippen molar-refractivity contribution in [3.8, 4) is 5.69 Å². The number of aromatic nitrogens is 3. The number of nitrogens with zero attached hydrogens (tertiary/aromatic N) is 3. The summed E-state index contributed by atoms with van der Waals surface area (Å²) < 4.78 is 28.7. The van der Waals surface area contributed by atoms with Crippen LogP contribution in [0.4, 0.5) is 8.78 Å². The minimum Gasteiger partial charge on any atom is -0.346 e. The molecule has 1 N–H and O–H groups in total. The lowest BCUT2D eigenvalue weighted by Gasteiger charge is -2.06. The van der Waals surface area contributed by atoms with Crippen molar-refractivity contribution in [1.29, 1.82) is 0 Å². The van der Waals surface area contributed by atoms with Gasteiger partial charge >= 0.3 is 0 Å². The molecule has 5 nitrogen and oxygen atoms in total. The minimum atomic E-state index is -0.473. The van der Waals surface area contributed by atoms with Gasteiger partial charge in [-0.15, -0.1) is 5.10 Å². The Morgan fingerprint density at radius 1 is 1.12 bits per heavy atom. The Bertz CT molecular complexity index is 937. The Hall–Kier alpha value is -3.09. The number of carbonyl (C=O) groups is 1. The zero-order chi connectivity index (χ0) is 18.0. The minimum absolute atomic E-state index is 0.0387. The summed E-state index contributed by atoms with van der Waals surface area (Å²) in [7, 11) is 0. The molecule has 0 bridgehead atoms. The molecule has 0 spiro atoms. The van der Waals surface area contributed by atoms with E-state index in [1.807, 2.05) is 0 Å². The van der Waals surface area contributed by atoms with Crippen LogP contribution in [0.3, 0.4) is 0 Å². The highest BCUT2D eigenvalue weighted by molar-refractivity contribution is 5.93.